The van der Waals surface area contributed by atoms with Crippen LogP contribution in [0.4, 0.5) is 4.39 Å². The largest absolute Gasteiger partial charge is 0.507 e. The SMILES string of the molecule is Cn1cc(CCNC(=O)c2cc(F)ccc2O)cn1. The summed E-state index contributed by atoms with van der Waals surface area (Å²) in [4.78, 5) is 11.8. The number of hydrogen-bond donors (Lipinski definition) is 2. The summed E-state index contributed by atoms with van der Waals surface area (Å²) in [7, 11) is 1.81. The van der Waals surface area contributed by atoms with Gasteiger partial charge in [-0.1, -0.05) is 0 Å². The maximum Gasteiger partial charge on any atom is 0.255 e. The minimum atomic E-state index is -0.560. The van der Waals surface area contributed by atoms with E-state index in [9.17, 15) is 14.3 Å². The summed E-state index contributed by atoms with van der Waals surface area (Å²) in [5.41, 5.74) is 0.928. The van der Waals surface area contributed by atoms with Crippen molar-refractivity contribution in [3.63, 3.8) is 0 Å². The first-order valence-electron chi connectivity index (χ1n) is 5.80. The fourth-order valence-corrected chi connectivity index (χ4v) is 1.71. The zero-order chi connectivity index (χ0) is 13.8. The molecule has 0 radical (unpaired) electrons. The van der Waals surface area contributed by atoms with E-state index in [2.05, 4.69) is 10.4 Å². The van der Waals surface area contributed by atoms with Gasteiger partial charge in [0.25, 0.3) is 5.91 Å². The lowest BCUT2D eigenvalue weighted by molar-refractivity contribution is 0.0951. The number of carbonyl (C=O) groups excluding carboxylic acids is 1. The van der Waals surface area contributed by atoms with Crippen molar-refractivity contribution in [2.75, 3.05) is 6.54 Å². The van der Waals surface area contributed by atoms with Crippen LogP contribution < -0.4 is 5.32 Å². The molecule has 0 aliphatic carbocycles. The van der Waals surface area contributed by atoms with Crippen LogP contribution in [0.5, 0.6) is 5.75 Å². The quantitative estimate of drug-likeness (QED) is 0.872. The minimum Gasteiger partial charge on any atom is -0.507 e. The number of rotatable bonds is 4. The Bertz CT molecular complexity index is 595. The molecule has 0 saturated carbocycles. The molecule has 0 spiro atoms. The Labute approximate surface area is 109 Å². The number of halogens is 1. The van der Waals surface area contributed by atoms with Crippen molar-refractivity contribution in [1.29, 1.82) is 0 Å². The number of carbonyl (C=O) groups is 1. The van der Waals surface area contributed by atoms with Crippen molar-refractivity contribution in [3.05, 3.63) is 47.5 Å². The molecule has 1 aromatic heterocycles. The smallest absolute Gasteiger partial charge is 0.255 e. The van der Waals surface area contributed by atoms with Gasteiger partial charge in [0.15, 0.2) is 0 Å². The highest BCUT2D eigenvalue weighted by atomic mass is 19.1. The molecule has 1 amide bonds. The third-order valence-electron chi connectivity index (χ3n) is 2.66. The molecule has 1 heterocycles. The van der Waals surface area contributed by atoms with Gasteiger partial charge in [0, 0.05) is 19.8 Å². The molecule has 0 aliphatic rings. The number of amides is 1. The molecule has 100 valence electrons. The number of hydrogen-bond acceptors (Lipinski definition) is 3. The van der Waals surface area contributed by atoms with Crippen LogP contribution >= 0.6 is 0 Å². The molecular formula is C13H14FN3O2. The van der Waals surface area contributed by atoms with E-state index < -0.39 is 11.7 Å². The number of nitrogens with zero attached hydrogens (tertiary/aromatic N) is 2. The molecule has 1 aromatic carbocycles. The van der Waals surface area contributed by atoms with Crippen LogP contribution in [0.15, 0.2) is 30.6 Å². The molecular weight excluding hydrogens is 249 g/mol. The number of aryl methyl sites for hydroxylation is 1. The lowest BCUT2D eigenvalue weighted by Crippen LogP contribution is -2.25. The highest BCUT2D eigenvalue weighted by Gasteiger charge is 2.11. The van der Waals surface area contributed by atoms with Crippen molar-refractivity contribution < 1.29 is 14.3 Å². The van der Waals surface area contributed by atoms with E-state index in [-0.39, 0.29) is 11.3 Å². The number of phenolic OH excluding ortho intramolecular Hbond substituents is 1. The molecule has 6 heteroatoms. The minimum absolute atomic E-state index is 0.0637. The van der Waals surface area contributed by atoms with Gasteiger partial charge in [-0.25, -0.2) is 4.39 Å². The number of phenols is 1. The molecule has 2 rings (SSSR count). The van der Waals surface area contributed by atoms with Crippen LogP contribution in [0.2, 0.25) is 0 Å². The third-order valence-corrected chi connectivity index (χ3v) is 2.66. The molecule has 0 bridgehead atoms. The Morgan fingerprint density at radius 3 is 3.00 bits per heavy atom. The molecule has 0 unspecified atom stereocenters. The Balaban J connectivity index is 1.92. The van der Waals surface area contributed by atoms with Crippen molar-refractivity contribution in [1.82, 2.24) is 15.1 Å². The van der Waals surface area contributed by atoms with E-state index in [1.165, 1.54) is 0 Å². The Hall–Kier alpha value is -2.37. The van der Waals surface area contributed by atoms with Gasteiger partial charge >= 0.3 is 0 Å². The van der Waals surface area contributed by atoms with Gasteiger partial charge in [0.1, 0.15) is 11.6 Å². The molecule has 2 aromatic rings. The Kier molecular flexibility index (Phi) is 3.79. The molecule has 0 saturated heterocycles. The average Bonchev–Trinajstić information content (AvgIpc) is 2.78. The van der Waals surface area contributed by atoms with Crippen molar-refractivity contribution in [2.24, 2.45) is 7.05 Å². The summed E-state index contributed by atoms with van der Waals surface area (Å²) < 4.78 is 14.7. The van der Waals surface area contributed by atoms with Crippen LogP contribution in [-0.4, -0.2) is 27.3 Å². The first-order valence-corrected chi connectivity index (χ1v) is 5.80. The highest BCUT2D eigenvalue weighted by molar-refractivity contribution is 5.96. The van der Waals surface area contributed by atoms with Crippen LogP contribution in [0.1, 0.15) is 15.9 Å². The number of nitrogens with one attached hydrogen (secondary N) is 1. The number of aromatic hydroxyl groups is 1. The van der Waals surface area contributed by atoms with Gasteiger partial charge in [-0.2, -0.15) is 5.10 Å². The lowest BCUT2D eigenvalue weighted by Gasteiger charge is -2.06. The molecule has 2 N–H and O–H groups in total. The predicted molar refractivity (Wildman–Crippen MR) is 67.3 cm³/mol. The fourth-order valence-electron chi connectivity index (χ4n) is 1.71. The second-order valence-corrected chi connectivity index (χ2v) is 4.19. The summed E-state index contributed by atoms with van der Waals surface area (Å²) in [6, 6.07) is 3.27. The average molecular weight is 263 g/mol. The highest BCUT2D eigenvalue weighted by Crippen LogP contribution is 2.17. The number of aromatic nitrogens is 2. The second kappa shape index (κ2) is 5.51. The topological polar surface area (TPSA) is 67.2 Å². The van der Waals surface area contributed by atoms with Gasteiger partial charge in [-0.15, -0.1) is 0 Å². The molecule has 0 atom stereocenters. The molecule has 0 fully saturated rings. The Morgan fingerprint density at radius 2 is 2.32 bits per heavy atom. The van der Waals surface area contributed by atoms with E-state index >= 15 is 0 Å². The van der Waals surface area contributed by atoms with Crippen molar-refractivity contribution in [2.45, 2.75) is 6.42 Å². The van der Waals surface area contributed by atoms with E-state index in [1.54, 1.807) is 10.9 Å². The summed E-state index contributed by atoms with van der Waals surface area (Å²) in [6.45, 7) is 0.389. The van der Waals surface area contributed by atoms with E-state index in [4.69, 9.17) is 0 Å². The van der Waals surface area contributed by atoms with Crippen molar-refractivity contribution >= 4 is 5.91 Å². The normalized spacial score (nSPS) is 10.4. The summed E-state index contributed by atoms with van der Waals surface area (Å²) in [5.74, 6) is -1.30. The van der Waals surface area contributed by atoms with Gasteiger partial charge in [-0.05, 0) is 30.2 Å². The second-order valence-electron chi connectivity index (χ2n) is 4.19. The van der Waals surface area contributed by atoms with E-state index in [0.717, 1.165) is 23.8 Å². The standard InChI is InChI=1S/C13H14FN3O2/c1-17-8-9(7-16-17)4-5-15-13(19)11-6-10(14)2-3-12(11)18/h2-3,6-8,18H,4-5H2,1H3,(H,15,19). The molecule has 19 heavy (non-hydrogen) atoms. The third kappa shape index (κ3) is 3.31. The summed E-state index contributed by atoms with van der Waals surface area (Å²) in [5, 5.41) is 16.1. The van der Waals surface area contributed by atoms with Gasteiger partial charge in [0.05, 0.1) is 11.8 Å². The van der Waals surface area contributed by atoms with Gasteiger partial charge < -0.3 is 10.4 Å². The van der Waals surface area contributed by atoms with E-state index in [1.807, 2.05) is 13.2 Å². The van der Waals surface area contributed by atoms with E-state index in [0.29, 0.717) is 13.0 Å². The Morgan fingerprint density at radius 1 is 1.53 bits per heavy atom. The predicted octanol–water partition coefficient (Wildman–Crippen LogP) is 1.24. The van der Waals surface area contributed by atoms with Crippen LogP contribution in [0.3, 0.4) is 0 Å². The van der Waals surface area contributed by atoms with Crippen LogP contribution in [-0.2, 0) is 13.5 Å². The van der Waals surface area contributed by atoms with Crippen LogP contribution in [0, 0.1) is 5.82 Å². The number of benzene rings is 1. The summed E-state index contributed by atoms with van der Waals surface area (Å²) >= 11 is 0. The fraction of sp³-hybridized carbons (Fsp3) is 0.231. The maximum atomic E-state index is 13.0. The monoisotopic (exact) mass is 263 g/mol. The van der Waals surface area contributed by atoms with Crippen molar-refractivity contribution in [3.8, 4) is 5.75 Å². The first kappa shape index (κ1) is 13.1. The lowest BCUT2D eigenvalue weighted by atomic mass is 10.1. The first-order chi connectivity index (χ1) is 9.06. The van der Waals surface area contributed by atoms with Crippen LogP contribution in [0.25, 0.3) is 0 Å². The zero-order valence-corrected chi connectivity index (χ0v) is 10.4. The van der Waals surface area contributed by atoms with Gasteiger partial charge in [-0.3, -0.25) is 9.48 Å². The zero-order valence-electron chi connectivity index (χ0n) is 10.4. The molecule has 5 nitrogen and oxygen atoms in total. The summed E-state index contributed by atoms with van der Waals surface area (Å²) in [6.07, 6.45) is 4.19. The van der Waals surface area contributed by atoms with Gasteiger partial charge in [0.2, 0.25) is 0 Å². The molecule has 0 aliphatic heterocycles. The maximum absolute atomic E-state index is 13.0.